The van der Waals surface area contributed by atoms with E-state index in [0.717, 1.165) is 25.7 Å². The number of pyridine rings is 1. The number of para-hydroxylation sites is 1. The molecule has 172 valence electrons. The molecule has 2 amide bonds. The summed E-state index contributed by atoms with van der Waals surface area (Å²) >= 11 is 0. The predicted octanol–water partition coefficient (Wildman–Crippen LogP) is 3.33. The molecular formula is C25H28N4O4. The minimum atomic E-state index is -0.572. The van der Waals surface area contributed by atoms with Crippen LogP contribution in [0.2, 0.25) is 0 Å². The average molecular weight is 449 g/mol. The lowest BCUT2D eigenvalue weighted by molar-refractivity contribution is -0.120. The van der Waals surface area contributed by atoms with Gasteiger partial charge in [0.2, 0.25) is 5.88 Å². The standard InChI is InChI=1S/C25H28N4O4/c30-22(27-18-7-4-5-8-18)21-17-25(33-28-21)12-15-29(16-13-25)24(31)20-11-6-14-26-23(20)32-19-9-2-1-3-10-19/h1-3,6,9-11,14,17-18,28H,4-5,7-8,12-13,15-16H2,(H,27,30). The third-order valence-corrected chi connectivity index (χ3v) is 6.56. The van der Waals surface area contributed by atoms with Crippen LogP contribution < -0.4 is 15.5 Å². The van der Waals surface area contributed by atoms with Crippen molar-refractivity contribution in [1.82, 2.24) is 20.7 Å². The molecule has 1 spiro atoms. The summed E-state index contributed by atoms with van der Waals surface area (Å²) in [6.07, 6.45) is 9.09. The Bertz CT molecular complexity index is 1040. The third-order valence-electron chi connectivity index (χ3n) is 6.56. The molecule has 33 heavy (non-hydrogen) atoms. The van der Waals surface area contributed by atoms with E-state index in [9.17, 15) is 9.59 Å². The van der Waals surface area contributed by atoms with Crippen LogP contribution in [0, 0.1) is 0 Å². The number of likely N-dealkylation sites (tertiary alicyclic amines) is 1. The van der Waals surface area contributed by atoms with Crippen molar-refractivity contribution in [2.24, 2.45) is 0 Å². The fraction of sp³-hybridized carbons (Fsp3) is 0.400. The highest BCUT2D eigenvalue weighted by Crippen LogP contribution is 2.33. The lowest BCUT2D eigenvalue weighted by Crippen LogP contribution is -2.46. The van der Waals surface area contributed by atoms with Crippen LogP contribution in [0.25, 0.3) is 0 Å². The first-order valence-electron chi connectivity index (χ1n) is 11.6. The van der Waals surface area contributed by atoms with Gasteiger partial charge in [-0.1, -0.05) is 31.0 Å². The smallest absolute Gasteiger partial charge is 0.269 e. The number of carbonyl (C=O) groups excluding carboxylic acids is 2. The summed E-state index contributed by atoms with van der Waals surface area (Å²) in [6, 6.07) is 13.0. The van der Waals surface area contributed by atoms with Gasteiger partial charge < -0.3 is 15.0 Å². The number of hydroxylamine groups is 1. The Morgan fingerprint density at radius 3 is 2.61 bits per heavy atom. The van der Waals surface area contributed by atoms with Gasteiger partial charge in [-0.15, -0.1) is 0 Å². The number of piperidine rings is 1. The van der Waals surface area contributed by atoms with E-state index < -0.39 is 5.60 Å². The summed E-state index contributed by atoms with van der Waals surface area (Å²) in [5.41, 5.74) is 3.14. The third kappa shape index (κ3) is 4.71. The number of aromatic nitrogens is 1. The molecule has 1 saturated carbocycles. The highest BCUT2D eigenvalue weighted by atomic mass is 16.7. The van der Waals surface area contributed by atoms with Crippen LogP contribution in [-0.4, -0.2) is 46.4 Å². The van der Waals surface area contributed by atoms with Crippen molar-refractivity contribution in [2.45, 2.75) is 50.2 Å². The summed E-state index contributed by atoms with van der Waals surface area (Å²) < 4.78 is 5.86. The summed E-state index contributed by atoms with van der Waals surface area (Å²) in [5, 5.41) is 3.08. The van der Waals surface area contributed by atoms with Gasteiger partial charge in [0.1, 0.15) is 22.6 Å². The topological polar surface area (TPSA) is 92.8 Å². The number of nitrogens with one attached hydrogen (secondary N) is 2. The lowest BCUT2D eigenvalue weighted by Gasteiger charge is -2.36. The Balaban J connectivity index is 1.22. The molecule has 1 aliphatic carbocycles. The van der Waals surface area contributed by atoms with Gasteiger partial charge in [-0.05, 0) is 43.2 Å². The van der Waals surface area contributed by atoms with Crippen LogP contribution in [-0.2, 0) is 9.63 Å². The van der Waals surface area contributed by atoms with Gasteiger partial charge in [0.15, 0.2) is 0 Å². The molecule has 0 radical (unpaired) electrons. The van der Waals surface area contributed by atoms with E-state index in [0.29, 0.717) is 48.8 Å². The molecule has 3 heterocycles. The molecule has 0 atom stereocenters. The summed E-state index contributed by atoms with van der Waals surface area (Å²) in [6.45, 7) is 1.02. The average Bonchev–Trinajstić information content (AvgIpc) is 3.51. The van der Waals surface area contributed by atoms with Gasteiger partial charge in [0.25, 0.3) is 11.8 Å². The molecule has 2 N–H and O–H groups in total. The highest BCUT2D eigenvalue weighted by molar-refractivity contribution is 5.96. The first-order chi connectivity index (χ1) is 16.1. The van der Waals surface area contributed by atoms with E-state index in [-0.39, 0.29) is 17.9 Å². The number of rotatable bonds is 5. The molecule has 3 aliphatic rings. The van der Waals surface area contributed by atoms with Crippen LogP contribution >= 0.6 is 0 Å². The Labute approximate surface area is 192 Å². The van der Waals surface area contributed by atoms with Crippen molar-refractivity contribution in [3.05, 3.63) is 66.0 Å². The number of hydrogen-bond donors (Lipinski definition) is 2. The first kappa shape index (κ1) is 21.5. The zero-order chi connectivity index (χ0) is 22.7. The zero-order valence-electron chi connectivity index (χ0n) is 18.5. The van der Waals surface area contributed by atoms with E-state index in [1.807, 2.05) is 36.4 Å². The van der Waals surface area contributed by atoms with Crippen LogP contribution in [0.3, 0.4) is 0 Å². The number of carbonyl (C=O) groups is 2. The van der Waals surface area contributed by atoms with Gasteiger partial charge >= 0.3 is 0 Å². The number of ether oxygens (including phenoxy) is 1. The quantitative estimate of drug-likeness (QED) is 0.729. The molecule has 8 heteroatoms. The van der Waals surface area contributed by atoms with Crippen molar-refractivity contribution in [3.63, 3.8) is 0 Å². The molecule has 0 unspecified atom stereocenters. The molecule has 1 saturated heterocycles. The van der Waals surface area contributed by atoms with E-state index >= 15 is 0 Å². The van der Waals surface area contributed by atoms with Crippen molar-refractivity contribution in [2.75, 3.05) is 13.1 Å². The summed E-state index contributed by atoms with van der Waals surface area (Å²) in [7, 11) is 0. The lowest BCUT2D eigenvalue weighted by atomic mass is 9.90. The Hall–Kier alpha value is -3.39. The van der Waals surface area contributed by atoms with Gasteiger partial charge in [0.05, 0.1) is 0 Å². The van der Waals surface area contributed by atoms with Gasteiger partial charge in [0, 0.05) is 38.2 Å². The Morgan fingerprint density at radius 2 is 1.85 bits per heavy atom. The predicted molar refractivity (Wildman–Crippen MR) is 121 cm³/mol. The van der Waals surface area contributed by atoms with Crippen LogP contribution in [0.1, 0.15) is 48.9 Å². The molecule has 2 aromatic rings. The largest absolute Gasteiger partial charge is 0.438 e. The number of hydrogen-bond acceptors (Lipinski definition) is 6. The second-order valence-electron chi connectivity index (χ2n) is 8.85. The fourth-order valence-electron chi connectivity index (χ4n) is 4.66. The molecule has 0 bridgehead atoms. The van der Waals surface area contributed by atoms with Crippen LogP contribution in [0.15, 0.2) is 60.4 Å². The van der Waals surface area contributed by atoms with E-state index in [1.54, 1.807) is 23.2 Å². The van der Waals surface area contributed by atoms with Crippen molar-refractivity contribution in [1.29, 1.82) is 0 Å². The molecular weight excluding hydrogens is 420 g/mol. The van der Waals surface area contributed by atoms with Crippen LogP contribution in [0.4, 0.5) is 0 Å². The van der Waals surface area contributed by atoms with Gasteiger partial charge in [-0.3, -0.25) is 19.9 Å². The van der Waals surface area contributed by atoms with Crippen molar-refractivity contribution in [3.8, 4) is 11.6 Å². The normalized spacial score (nSPS) is 19.8. The maximum absolute atomic E-state index is 13.2. The monoisotopic (exact) mass is 448 g/mol. The Kier molecular flexibility index (Phi) is 6.00. The second-order valence-corrected chi connectivity index (χ2v) is 8.85. The van der Waals surface area contributed by atoms with Crippen molar-refractivity contribution < 1.29 is 19.2 Å². The molecule has 8 nitrogen and oxygen atoms in total. The van der Waals surface area contributed by atoms with E-state index in [2.05, 4.69) is 15.8 Å². The molecule has 1 aromatic heterocycles. The minimum Gasteiger partial charge on any atom is -0.438 e. The second kappa shape index (κ2) is 9.23. The molecule has 1 aromatic carbocycles. The first-order valence-corrected chi connectivity index (χ1v) is 11.6. The zero-order valence-corrected chi connectivity index (χ0v) is 18.5. The van der Waals surface area contributed by atoms with E-state index in [1.165, 1.54) is 0 Å². The highest BCUT2D eigenvalue weighted by Gasteiger charge is 2.41. The van der Waals surface area contributed by atoms with Crippen molar-refractivity contribution >= 4 is 11.8 Å². The molecule has 2 aliphatic heterocycles. The minimum absolute atomic E-state index is 0.115. The fourth-order valence-corrected chi connectivity index (χ4v) is 4.66. The molecule has 5 rings (SSSR count). The Morgan fingerprint density at radius 1 is 1.09 bits per heavy atom. The number of amides is 2. The van der Waals surface area contributed by atoms with Gasteiger partial charge in [-0.2, -0.15) is 0 Å². The van der Waals surface area contributed by atoms with Gasteiger partial charge in [-0.25, -0.2) is 4.98 Å². The number of nitrogens with zero attached hydrogens (tertiary/aromatic N) is 2. The van der Waals surface area contributed by atoms with Crippen LogP contribution in [0.5, 0.6) is 11.6 Å². The summed E-state index contributed by atoms with van der Waals surface area (Å²) in [5.74, 6) is 0.675. The number of benzene rings is 1. The SMILES string of the molecule is O=C(NC1CCCC1)C1=CC2(CCN(C(=O)c3cccnc3Oc3ccccc3)CC2)ON1. The van der Waals surface area contributed by atoms with E-state index in [4.69, 9.17) is 9.57 Å². The molecule has 2 fully saturated rings. The summed E-state index contributed by atoms with van der Waals surface area (Å²) in [4.78, 5) is 37.7. The maximum Gasteiger partial charge on any atom is 0.269 e. The maximum atomic E-state index is 13.2.